The Bertz CT molecular complexity index is 850. The number of anilines is 1. The fourth-order valence-electron chi connectivity index (χ4n) is 2.12. The summed E-state index contributed by atoms with van der Waals surface area (Å²) < 4.78 is 0. The molecule has 0 amide bonds. The molecule has 3 aromatic rings. The molecule has 3 rings (SSSR count). The Labute approximate surface area is 121 Å². The van der Waals surface area contributed by atoms with Gasteiger partial charge in [-0.15, -0.1) is 0 Å². The van der Waals surface area contributed by atoms with Crippen LogP contribution in [0.5, 0.6) is 0 Å². The Hall–Kier alpha value is -2.57. The molecule has 0 saturated heterocycles. The molecule has 0 aliphatic carbocycles. The van der Waals surface area contributed by atoms with E-state index in [-0.39, 0.29) is 0 Å². The zero-order chi connectivity index (χ0) is 14.1. The molecule has 0 atom stereocenters. The van der Waals surface area contributed by atoms with Gasteiger partial charge in [-0.25, -0.2) is 4.98 Å². The van der Waals surface area contributed by atoms with Gasteiger partial charge in [-0.1, -0.05) is 35.9 Å². The second-order valence-electron chi connectivity index (χ2n) is 4.43. The van der Waals surface area contributed by atoms with Crippen molar-refractivity contribution in [2.45, 2.75) is 0 Å². The molecule has 0 saturated carbocycles. The van der Waals surface area contributed by atoms with Crippen molar-refractivity contribution in [3.63, 3.8) is 0 Å². The molecule has 20 heavy (non-hydrogen) atoms. The Morgan fingerprint density at radius 1 is 1.10 bits per heavy atom. The van der Waals surface area contributed by atoms with Gasteiger partial charge in [0.25, 0.3) is 0 Å². The van der Waals surface area contributed by atoms with Crippen molar-refractivity contribution >= 4 is 28.2 Å². The average Bonchev–Trinajstić information content (AvgIpc) is 2.48. The summed E-state index contributed by atoms with van der Waals surface area (Å²) in [5, 5.41) is 10.7. The van der Waals surface area contributed by atoms with E-state index >= 15 is 0 Å². The summed E-state index contributed by atoms with van der Waals surface area (Å²) in [4.78, 5) is 4.39. The summed E-state index contributed by atoms with van der Waals surface area (Å²) in [5.41, 5.74) is 9.00. The van der Waals surface area contributed by atoms with Gasteiger partial charge in [0.1, 0.15) is 11.8 Å². The minimum Gasteiger partial charge on any atom is -0.398 e. The lowest BCUT2D eigenvalue weighted by atomic mass is 10.0. The lowest BCUT2D eigenvalue weighted by Crippen LogP contribution is -1.92. The lowest BCUT2D eigenvalue weighted by molar-refractivity contribution is 1.32. The SMILES string of the molecule is N#Cc1nc2ccccc2cc1-c1ccc(N)c(Cl)c1. The molecule has 0 bridgehead atoms. The van der Waals surface area contributed by atoms with Gasteiger partial charge in [0, 0.05) is 10.9 Å². The van der Waals surface area contributed by atoms with E-state index < -0.39 is 0 Å². The van der Waals surface area contributed by atoms with Crippen LogP contribution in [0, 0.1) is 11.3 Å². The largest absolute Gasteiger partial charge is 0.398 e. The van der Waals surface area contributed by atoms with E-state index in [9.17, 15) is 5.26 Å². The van der Waals surface area contributed by atoms with Crippen molar-refractivity contribution in [2.75, 3.05) is 5.73 Å². The summed E-state index contributed by atoms with van der Waals surface area (Å²) >= 11 is 6.05. The number of hydrogen-bond acceptors (Lipinski definition) is 3. The minimum absolute atomic E-state index is 0.379. The molecule has 0 aliphatic rings. The Kier molecular flexibility index (Phi) is 3.02. The molecule has 0 aliphatic heterocycles. The first-order chi connectivity index (χ1) is 9.69. The number of nitrogens with zero attached hydrogens (tertiary/aromatic N) is 2. The topological polar surface area (TPSA) is 62.7 Å². The van der Waals surface area contributed by atoms with Crippen LogP contribution in [-0.2, 0) is 0 Å². The molecule has 96 valence electrons. The molecule has 2 aromatic carbocycles. The first-order valence-corrected chi connectivity index (χ1v) is 6.42. The normalized spacial score (nSPS) is 10.4. The van der Waals surface area contributed by atoms with Crippen molar-refractivity contribution < 1.29 is 0 Å². The fourth-order valence-corrected chi connectivity index (χ4v) is 2.30. The fraction of sp³-hybridized carbons (Fsp3) is 0. The third-order valence-electron chi connectivity index (χ3n) is 3.14. The highest BCUT2D eigenvalue weighted by Gasteiger charge is 2.10. The van der Waals surface area contributed by atoms with Crippen LogP contribution in [0.1, 0.15) is 5.69 Å². The van der Waals surface area contributed by atoms with Crippen LogP contribution in [0.3, 0.4) is 0 Å². The maximum Gasteiger partial charge on any atom is 0.149 e. The van der Waals surface area contributed by atoms with Crippen LogP contribution >= 0.6 is 11.6 Å². The van der Waals surface area contributed by atoms with Gasteiger partial charge < -0.3 is 5.73 Å². The number of nitrogens with two attached hydrogens (primary N) is 1. The summed E-state index contributed by atoms with van der Waals surface area (Å²) in [6.07, 6.45) is 0. The van der Waals surface area contributed by atoms with E-state index in [0.717, 1.165) is 22.0 Å². The van der Waals surface area contributed by atoms with Crippen molar-refractivity contribution in [1.82, 2.24) is 4.98 Å². The molecule has 1 aromatic heterocycles. The number of halogens is 1. The second-order valence-corrected chi connectivity index (χ2v) is 4.83. The molecular formula is C16H10ClN3. The number of pyridine rings is 1. The van der Waals surface area contributed by atoms with Crippen molar-refractivity contribution in [1.29, 1.82) is 5.26 Å². The third-order valence-corrected chi connectivity index (χ3v) is 3.47. The summed E-state index contributed by atoms with van der Waals surface area (Å²) in [6, 6.07) is 17.1. The number of hydrogen-bond donors (Lipinski definition) is 1. The van der Waals surface area contributed by atoms with E-state index in [4.69, 9.17) is 17.3 Å². The summed E-state index contributed by atoms with van der Waals surface area (Å²) in [5.74, 6) is 0. The van der Waals surface area contributed by atoms with Gasteiger partial charge in [0.2, 0.25) is 0 Å². The Balaban J connectivity index is 2.29. The van der Waals surface area contributed by atoms with E-state index in [1.807, 2.05) is 36.4 Å². The number of nitrogen functional groups attached to an aromatic ring is 1. The van der Waals surface area contributed by atoms with Crippen LogP contribution in [0.2, 0.25) is 5.02 Å². The van der Waals surface area contributed by atoms with Crippen LogP contribution in [-0.4, -0.2) is 4.98 Å². The van der Waals surface area contributed by atoms with E-state index in [1.165, 1.54) is 0 Å². The molecule has 4 heteroatoms. The Morgan fingerprint density at radius 3 is 2.65 bits per heavy atom. The second kappa shape index (κ2) is 4.84. The van der Waals surface area contributed by atoms with E-state index in [2.05, 4.69) is 11.1 Å². The monoisotopic (exact) mass is 279 g/mol. The average molecular weight is 280 g/mol. The van der Waals surface area contributed by atoms with Gasteiger partial charge >= 0.3 is 0 Å². The standard InChI is InChI=1S/C16H10ClN3/c17-13-8-10(5-6-14(13)19)12-7-11-3-1-2-4-15(11)20-16(12)9-18/h1-8H,19H2. The van der Waals surface area contributed by atoms with Crippen molar-refractivity contribution in [3.8, 4) is 17.2 Å². The number of nitriles is 1. The summed E-state index contributed by atoms with van der Waals surface area (Å²) in [7, 11) is 0. The molecular weight excluding hydrogens is 270 g/mol. The predicted octanol–water partition coefficient (Wildman–Crippen LogP) is 4.01. The summed E-state index contributed by atoms with van der Waals surface area (Å²) in [6.45, 7) is 0. The Morgan fingerprint density at radius 2 is 1.90 bits per heavy atom. The molecule has 0 unspecified atom stereocenters. The minimum atomic E-state index is 0.379. The van der Waals surface area contributed by atoms with Gasteiger partial charge in [-0.2, -0.15) is 5.26 Å². The number of aromatic nitrogens is 1. The molecule has 2 N–H and O–H groups in total. The van der Waals surface area contributed by atoms with Crippen LogP contribution in [0.25, 0.3) is 22.0 Å². The van der Waals surface area contributed by atoms with Crippen molar-refractivity contribution in [3.05, 3.63) is 59.2 Å². The highest BCUT2D eigenvalue weighted by Crippen LogP contribution is 2.30. The molecule has 3 nitrogen and oxygen atoms in total. The van der Waals surface area contributed by atoms with Gasteiger partial charge in [0.15, 0.2) is 0 Å². The van der Waals surface area contributed by atoms with Crippen molar-refractivity contribution in [2.24, 2.45) is 0 Å². The molecule has 0 spiro atoms. The first-order valence-electron chi connectivity index (χ1n) is 6.04. The number of fused-ring (bicyclic) bond motifs is 1. The highest BCUT2D eigenvalue weighted by molar-refractivity contribution is 6.33. The zero-order valence-electron chi connectivity index (χ0n) is 10.5. The number of para-hydroxylation sites is 1. The van der Waals surface area contributed by atoms with Gasteiger partial charge in [-0.3, -0.25) is 0 Å². The van der Waals surface area contributed by atoms with E-state index in [1.54, 1.807) is 12.1 Å². The molecule has 0 radical (unpaired) electrons. The van der Waals surface area contributed by atoms with Crippen LogP contribution in [0.4, 0.5) is 5.69 Å². The lowest BCUT2D eigenvalue weighted by Gasteiger charge is -2.07. The van der Waals surface area contributed by atoms with Crippen LogP contribution in [0.15, 0.2) is 48.5 Å². The zero-order valence-corrected chi connectivity index (χ0v) is 11.2. The maximum absolute atomic E-state index is 9.29. The quantitative estimate of drug-likeness (QED) is 0.685. The van der Waals surface area contributed by atoms with Gasteiger partial charge in [-0.05, 0) is 29.8 Å². The number of rotatable bonds is 1. The number of benzene rings is 2. The maximum atomic E-state index is 9.29. The predicted molar refractivity (Wildman–Crippen MR) is 81.3 cm³/mol. The highest BCUT2D eigenvalue weighted by atomic mass is 35.5. The third kappa shape index (κ3) is 2.07. The smallest absolute Gasteiger partial charge is 0.149 e. The van der Waals surface area contributed by atoms with Crippen LogP contribution < -0.4 is 5.73 Å². The molecule has 1 heterocycles. The molecule has 0 fully saturated rings. The first kappa shape index (κ1) is 12.5. The van der Waals surface area contributed by atoms with Gasteiger partial charge in [0.05, 0.1) is 16.2 Å². The van der Waals surface area contributed by atoms with E-state index in [0.29, 0.717) is 16.4 Å².